The van der Waals surface area contributed by atoms with Crippen LogP contribution in [0.1, 0.15) is 6.92 Å². The molecule has 0 fully saturated rings. The average molecular weight is 182 g/mol. The van der Waals surface area contributed by atoms with E-state index >= 15 is 0 Å². The number of ether oxygens (including phenoxy) is 1. The molecule has 1 rings (SSSR count). The monoisotopic (exact) mass is 182 g/mol. The largest absolute Gasteiger partial charge is 0.465 e. The van der Waals surface area contributed by atoms with Gasteiger partial charge in [-0.2, -0.15) is 13.2 Å². The van der Waals surface area contributed by atoms with Crippen LogP contribution in [0.5, 0.6) is 0 Å². The molecule has 0 bridgehead atoms. The molecule has 0 aromatic carbocycles. The second-order valence-electron chi connectivity index (χ2n) is 2.61. The molecule has 0 aromatic rings. The number of hydrazone groups is 1. The van der Waals surface area contributed by atoms with Gasteiger partial charge in [-0.05, 0) is 0 Å². The highest BCUT2D eigenvalue weighted by Gasteiger charge is 2.44. The second-order valence-corrected chi connectivity index (χ2v) is 2.61. The summed E-state index contributed by atoms with van der Waals surface area (Å²) in [6, 6.07) is 0. The van der Waals surface area contributed by atoms with Crippen LogP contribution in [0.3, 0.4) is 0 Å². The van der Waals surface area contributed by atoms with Crippen LogP contribution in [0.25, 0.3) is 0 Å². The van der Waals surface area contributed by atoms with E-state index in [4.69, 9.17) is 0 Å². The Labute approximate surface area is 67.8 Å². The van der Waals surface area contributed by atoms with Crippen molar-refractivity contribution in [1.82, 2.24) is 5.01 Å². The van der Waals surface area contributed by atoms with Crippen LogP contribution in [0.4, 0.5) is 13.2 Å². The van der Waals surface area contributed by atoms with Crippen molar-refractivity contribution in [3.8, 4) is 0 Å². The Morgan fingerprint density at radius 3 is 2.58 bits per heavy atom. The van der Waals surface area contributed by atoms with Crippen molar-refractivity contribution < 1.29 is 17.9 Å². The van der Waals surface area contributed by atoms with Crippen molar-refractivity contribution in [2.24, 2.45) is 5.10 Å². The standard InChI is InChI=1S/C6H9F3N2O/c1-4-10-11(2)3-5(12-4)6(7,8)9/h5H,3H2,1-2H3. The van der Waals surface area contributed by atoms with Gasteiger partial charge in [0.05, 0.1) is 6.54 Å². The van der Waals surface area contributed by atoms with Gasteiger partial charge in [-0.25, -0.2) is 0 Å². The van der Waals surface area contributed by atoms with Crippen LogP contribution in [-0.4, -0.2) is 36.8 Å². The quantitative estimate of drug-likeness (QED) is 0.562. The molecule has 0 saturated heterocycles. The normalized spacial score (nSPS) is 24.9. The minimum absolute atomic E-state index is 0.0473. The van der Waals surface area contributed by atoms with Crippen LogP contribution in [0.15, 0.2) is 5.10 Å². The Morgan fingerprint density at radius 2 is 2.17 bits per heavy atom. The molecule has 12 heavy (non-hydrogen) atoms. The minimum Gasteiger partial charge on any atom is -0.465 e. The molecule has 3 nitrogen and oxygen atoms in total. The van der Waals surface area contributed by atoms with Gasteiger partial charge in [0.15, 0.2) is 0 Å². The second kappa shape index (κ2) is 2.84. The van der Waals surface area contributed by atoms with Crippen molar-refractivity contribution in [2.75, 3.05) is 13.6 Å². The molecule has 1 aliphatic heterocycles. The first-order valence-electron chi connectivity index (χ1n) is 3.39. The first-order valence-corrected chi connectivity index (χ1v) is 3.39. The molecule has 70 valence electrons. The minimum atomic E-state index is -4.31. The van der Waals surface area contributed by atoms with E-state index in [-0.39, 0.29) is 12.4 Å². The lowest BCUT2D eigenvalue weighted by molar-refractivity contribution is -0.207. The molecule has 1 unspecified atom stereocenters. The number of alkyl halides is 3. The van der Waals surface area contributed by atoms with E-state index in [1.165, 1.54) is 19.0 Å². The summed E-state index contributed by atoms with van der Waals surface area (Å²) >= 11 is 0. The van der Waals surface area contributed by atoms with Crippen molar-refractivity contribution >= 4 is 5.90 Å². The van der Waals surface area contributed by atoms with E-state index in [1.54, 1.807) is 0 Å². The molecule has 0 N–H and O–H groups in total. The fourth-order valence-electron chi connectivity index (χ4n) is 0.958. The third-order valence-corrected chi connectivity index (χ3v) is 1.42. The van der Waals surface area contributed by atoms with Crippen LogP contribution in [-0.2, 0) is 4.74 Å². The first-order chi connectivity index (χ1) is 5.39. The molecule has 0 saturated carbocycles. The van der Waals surface area contributed by atoms with E-state index in [2.05, 4.69) is 9.84 Å². The number of hydrogen-bond donors (Lipinski definition) is 0. The number of rotatable bonds is 0. The molecular formula is C6H9F3N2O. The summed E-state index contributed by atoms with van der Waals surface area (Å²) in [5, 5.41) is 4.89. The van der Waals surface area contributed by atoms with Crippen LogP contribution < -0.4 is 0 Å². The Hall–Kier alpha value is -0.940. The van der Waals surface area contributed by atoms with Gasteiger partial charge in [0.25, 0.3) is 0 Å². The predicted octanol–water partition coefficient (Wildman–Crippen LogP) is 1.21. The molecule has 1 atom stereocenters. The number of hydrogen-bond acceptors (Lipinski definition) is 3. The Kier molecular flexibility index (Phi) is 2.16. The Balaban J connectivity index is 2.68. The van der Waals surface area contributed by atoms with Crippen molar-refractivity contribution in [3.05, 3.63) is 0 Å². The summed E-state index contributed by atoms with van der Waals surface area (Å²) in [6.07, 6.45) is -6.06. The summed E-state index contributed by atoms with van der Waals surface area (Å²) < 4.78 is 40.7. The highest BCUT2D eigenvalue weighted by molar-refractivity contribution is 5.73. The van der Waals surface area contributed by atoms with Crippen molar-refractivity contribution in [2.45, 2.75) is 19.2 Å². The number of nitrogens with zero attached hydrogens (tertiary/aromatic N) is 2. The summed E-state index contributed by atoms with van der Waals surface area (Å²) in [5.41, 5.74) is 0. The smallest absolute Gasteiger partial charge is 0.427 e. The van der Waals surface area contributed by atoms with Gasteiger partial charge >= 0.3 is 6.18 Å². The zero-order valence-corrected chi connectivity index (χ0v) is 6.72. The molecule has 0 spiro atoms. The maximum atomic E-state index is 12.1. The van der Waals surface area contributed by atoms with Crippen LogP contribution >= 0.6 is 0 Å². The van der Waals surface area contributed by atoms with E-state index in [1.807, 2.05) is 0 Å². The zero-order valence-electron chi connectivity index (χ0n) is 6.72. The van der Waals surface area contributed by atoms with Crippen molar-refractivity contribution in [1.29, 1.82) is 0 Å². The third-order valence-electron chi connectivity index (χ3n) is 1.42. The molecule has 1 aliphatic rings. The molecule has 6 heteroatoms. The summed E-state index contributed by atoms with van der Waals surface area (Å²) in [6.45, 7) is 1.15. The van der Waals surface area contributed by atoms with Gasteiger partial charge in [-0.15, -0.1) is 5.10 Å². The lowest BCUT2D eigenvalue weighted by atomic mass is 10.3. The maximum Gasteiger partial charge on any atom is 0.427 e. The van der Waals surface area contributed by atoms with Crippen LogP contribution in [0.2, 0.25) is 0 Å². The van der Waals surface area contributed by atoms with E-state index in [9.17, 15) is 13.2 Å². The van der Waals surface area contributed by atoms with Gasteiger partial charge in [-0.1, -0.05) is 0 Å². The van der Waals surface area contributed by atoms with Crippen molar-refractivity contribution in [3.63, 3.8) is 0 Å². The van der Waals surface area contributed by atoms with Gasteiger partial charge in [0.1, 0.15) is 0 Å². The number of halogens is 3. The first kappa shape index (κ1) is 9.15. The highest BCUT2D eigenvalue weighted by Crippen LogP contribution is 2.25. The molecule has 1 heterocycles. The zero-order chi connectivity index (χ0) is 9.35. The maximum absolute atomic E-state index is 12.1. The van der Waals surface area contributed by atoms with Gasteiger partial charge in [-0.3, -0.25) is 5.01 Å². The molecule has 0 amide bonds. The van der Waals surface area contributed by atoms with Crippen LogP contribution in [0, 0.1) is 0 Å². The molecule has 0 aromatic heterocycles. The van der Waals surface area contributed by atoms with Gasteiger partial charge in [0.2, 0.25) is 12.0 Å². The Bertz CT molecular complexity index is 201. The molecule has 0 aliphatic carbocycles. The fraction of sp³-hybridized carbons (Fsp3) is 0.833. The predicted molar refractivity (Wildman–Crippen MR) is 36.7 cm³/mol. The summed E-state index contributed by atoms with van der Waals surface area (Å²) in [5.74, 6) is 0.0473. The third kappa shape index (κ3) is 2.02. The average Bonchev–Trinajstić information content (AvgIpc) is 1.82. The fourth-order valence-corrected chi connectivity index (χ4v) is 0.958. The van der Waals surface area contributed by atoms with E-state index in [0.717, 1.165) is 0 Å². The molecular weight excluding hydrogens is 173 g/mol. The Morgan fingerprint density at radius 1 is 1.58 bits per heavy atom. The topological polar surface area (TPSA) is 24.8 Å². The summed E-state index contributed by atoms with van der Waals surface area (Å²) in [4.78, 5) is 0. The molecule has 0 radical (unpaired) electrons. The summed E-state index contributed by atoms with van der Waals surface area (Å²) in [7, 11) is 1.48. The van der Waals surface area contributed by atoms with E-state index in [0.29, 0.717) is 0 Å². The lowest BCUT2D eigenvalue weighted by Crippen LogP contribution is -2.44. The number of likely N-dealkylation sites (N-methyl/N-ethyl adjacent to an activating group) is 1. The van der Waals surface area contributed by atoms with Gasteiger partial charge < -0.3 is 4.74 Å². The van der Waals surface area contributed by atoms with E-state index < -0.39 is 12.3 Å². The van der Waals surface area contributed by atoms with Gasteiger partial charge in [0, 0.05) is 14.0 Å². The SMILES string of the molecule is CC1=NN(C)CC(C(F)(F)F)O1. The highest BCUT2D eigenvalue weighted by atomic mass is 19.4. The lowest BCUT2D eigenvalue weighted by Gasteiger charge is -2.29.